The Morgan fingerprint density at radius 3 is 1.66 bits per heavy atom. The summed E-state index contributed by atoms with van der Waals surface area (Å²) in [4.78, 5) is 9.85. The molecule has 0 saturated carbocycles. The van der Waals surface area contributed by atoms with Crippen LogP contribution in [0, 0.1) is 0 Å². The number of aromatic nitrogens is 3. The van der Waals surface area contributed by atoms with Gasteiger partial charge in [-0.15, -0.1) is 11.3 Å². The Bertz CT molecular complexity index is 3210. The van der Waals surface area contributed by atoms with Crippen LogP contribution in [0.3, 0.4) is 0 Å². The lowest BCUT2D eigenvalue weighted by molar-refractivity contribution is 1.18. The summed E-state index contributed by atoms with van der Waals surface area (Å²) in [5, 5.41) is 3.40. The lowest BCUT2D eigenvalue weighted by atomic mass is 9.97. The molecule has 11 rings (SSSR count). The Morgan fingerprint density at radius 2 is 0.966 bits per heavy atom. The molecule has 0 aliphatic heterocycles. The highest BCUT2D eigenvalue weighted by atomic mass is 32.1. The maximum Gasteiger partial charge on any atom is 0.124 e. The Kier molecular flexibility index (Phi) is 8.34. The van der Waals surface area contributed by atoms with Crippen molar-refractivity contribution in [3.8, 4) is 72.0 Å². The van der Waals surface area contributed by atoms with Gasteiger partial charge in [-0.25, -0.2) is 4.98 Å². The van der Waals surface area contributed by atoms with Crippen LogP contribution in [0.25, 0.3) is 104 Å². The van der Waals surface area contributed by atoms with Gasteiger partial charge in [0.25, 0.3) is 0 Å². The van der Waals surface area contributed by atoms with Gasteiger partial charge in [-0.3, -0.25) is 4.98 Å². The van der Waals surface area contributed by atoms with Gasteiger partial charge in [-0.05, 0) is 87.5 Å². The molecule has 3 aromatic heterocycles. The van der Waals surface area contributed by atoms with E-state index in [1.54, 1.807) is 11.3 Å². The normalized spacial score (nSPS) is 11.4. The van der Waals surface area contributed by atoms with Crippen LogP contribution < -0.4 is 0 Å². The van der Waals surface area contributed by atoms with E-state index in [0.29, 0.717) is 0 Å². The quantitative estimate of drug-likeness (QED) is 0.162. The number of fused-ring (bicyclic) bond motifs is 4. The lowest BCUT2D eigenvalue weighted by Gasteiger charge is -2.17. The standard InChI is InChI=1S/C54H35N3S/c1-3-11-36(12-4-1)38-18-20-40(21-19-38)42-28-31-50-47(33-42)46-30-27-44(54-56-49-16-7-8-17-53(49)58-54)35-52(46)57(50)51-34-43(48-15-9-10-32-55-48)26-29-45(51)41-24-22-39(23-25-41)37-13-5-2-6-14-37/h1-35H. The number of rotatable bonds is 7. The van der Waals surface area contributed by atoms with Crippen molar-refractivity contribution in [1.82, 2.24) is 14.5 Å². The molecule has 0 radical (unpaired) electrons. The van der Waals surface area contributed by atoms with Crippen LogP contribution in [0.1, 0.15) is 0 Å². The molecule has 0 bridgehead atoms. The SMILES string of the molecule is c1ccc(-c2ccc(-c3ccc4c(c3)c3ccc(-c5nc6ccccc6s5)cc3n4-c3cc(-c4ccccn4)ccc3-c3ccc(-c4ccccc4)cc3)cc2)cc1. The molecule has 0 amide bonds. The minimum atomic E-state index is 0.937. The fraction of sp³-hybridized carbons (Fsp3) is 0. The first-order valence-electron chi connectivity index (χ1n) is 19.6. The Morgan fingerprint density at radius 1 is 0.379 bits per heavy atom. The topological polar surface area (TPSA) is 30.7 Å². The van der Waals surface area contributed by atoms with E-state index in [2.05, 4.69) is 205 Å². The Hall–Kier alpha value is -7.40. The molecule has 58 heavy (non-hydrogen) atoms. The molecule has 4 heteroatoms. The van der Waals surface area contributed by atoms with Crippen molar-refractivity contribution >= 4 is 43.4 Å². The third-order valence-electron chi connectivity index (χ3n) is 11.1. The minimum absolute atomic E-state index is 0.937. The molecule has 0 atom stereocenters. The van der Waals surface area contributed by atoms with Gasteiger partial charge in [-0.2, -0.15) is 0 Å². The van der Waals surface area contributed by atoms with Gasteiger partial charge in [0.2, 0.25) is 0 Å². The van der Waals surface area contributed by atoms with E-state index in [0.717, 1.165) is 55.2 Å². The van der Waals surface area contributed by atoms with E-state index in [-0.39, 0.29) is 0 Å². The first kappa shape index (κ1) is 33.9. The molecular weight excluding hydrogens is 723 g/mol. The number of hydrogen-bond acceptors (Lipinski definition) is 3. The minimum Gasteiger partial charge on any atom is -0.309 e. The molecule has 0 aliphatic rings. The third kappa shape index (κ3) is 6.08. The molecule has 272 valence electrons. The monoisotopic (exact) mass is 757 g/mol. The molecule has 0 saturated heterocycles. The van der Waals surface area contributed by atoms with Crippen LogP contribution in [-0.2, 0) is 0 Å². The summed E-state index contributed by atoms with van der Waals surface area (Å²) in [5.41, 5.74) is 17.0. The molecule has 0 fully saturated rings. The van der Waals surface area contributed by atoms with E-state index in [1.165, 1.54) is 48.9 Å². The summed E-state index contributed by atoms with van der Waals surface area (Å²) in [6.45, 7) is 0. The van der Waals surface area contributed by atoms with E-state index in [4.69, 9.17) is 9.97 Å². The highest BCUT2D eigenvalue weighted by molar-refractivity contribution is 7.21. The number of thiazole rings is 1. The third-order valence-corrected chi connectivity index (χ3v) is 12.2. The molecule has 3 heterocycles. The molecular formula is C54H35N3S. The molecule has 8 aromatic carbocycles. The van der Waals surface area contributed by atoms with E-state index >= 15 is 0 Å². The first-order chi connectivity index (χ1) is 28.7. The van der Waals surface area contributed by atoms with Crippen molar-refractivity contribution in [1.29, 1.82) is 0 Å². The van der Waals surface area contributed by atoms with Crippen molar-refractivity contribution in [2.24, 2.45) is 0 Å². The van der Waals surface area contributed by atoms with Crippen LogP contribution in [0.5, 0.6) is 0 Å². The second kappa shape index (κ2) is 14.3. The summed E-state index contributed by atoms with van der Waals surface area (Å²) in [6, 6.07) is 74.0. The number of nitrogens with zero attached hydrogens (tertiary/aromatic N) is 3. The molecule has 0 unspecified atom stereocenters. The molecule has 0 N–H and O–H groups in total. The largest absolute Gasteiger partial charge is 0.309 e. The lowest BCUT2D eigenvalue weighted by Crippen LogP contribution is -1.99. The number of hydrogen-bond donors (Lipinski definition) is 0. The second-order valence-corrected chi connectivity index (χ2v) is 15.7. The van der Waals surface area contributed by atoms with Crippen LogP contribution in [0.2, 0.25) is 0 Å². The van der Waals surface area contributed by atoms with Gasteiger partial charge in [0.1, 0.15) is 5.01 Å². The van der Waals surface area contributed by atoms with Crippen LogP contribution >= 0.6 is 11.3 Å². The van der Waals surface area contributed by atoms with Crippen LogP contribution in [0.15, 0.2) is 212 Å². The second-order valence-electron chi connectivity index (χ2n) is 14.6. The fourth-order valence-electron chi connectivity index (χ4n) is 8.20. The van der Waals surface area contributed by atoms with Gasteiger partial charge in [0.05, 0.1) is 32.6 Å². The molecule has 3 nitrogen and oxygen atoms in total. The molecule has 0 spiro atoms. The molecule has 11 aromatic rings. The average molecular weight is 758 g/mol. The van der Waals surface area contributed by atoms with E-state index in [1.807, 2.05) is 12.3 Å². The van der Waals surface area contributed by atoms with Crippen molar-refractivity contribution in [2.45, 2.75) is 0 Å². The zero-order chi connectivity index (χ0) is 38.4. The summed E-state index contributed by atoms with van der Waals surface area (Å²) in [6.07, 6.45) is 1.86. The van der Waals surface area contributed by atoms with Gasteiger partial charge < -0.3 is 4.57 Å². The average Bonchev–Trinajstić information content (AvgIpc) is 3.89. The van der Waals surface area contributed by atoms with Gasteiger partial charge in [-0.1, -0.05) is 158 Å². The van der Waals surface area contributed by atoms with Gasteiger partial charge >= 0.3 is 0 Å². The molecule has 0 aliphatic carbocycles. The maximum absolute atomic E-state index is 5.08. The number of para-hydroxylation sites is 1. The fourth-order valence-corrected chi connectivity index (χ4v) is 9.16. The Balaban J connectivity index is 1.13. The summed E-state index contributed by atoms with van der Waals surface area (Å²) in [7, 11) is 0. The highest BCUT2D eigenvalue weighted by Crippen LogP contribution is 2.42. The summed E-state index contributed by atoms with van der Waals surface area (Å²) in [5.74, 6) is 0. The zero-order valence-corrected chi connectivity index (χ0v) is 32.3. The maximum atomic E-state index is 5.08. The predicted octanol–water partition coefficient (Wildman–Crippen LogP) is 14.8. The van der Waals surface area contributed by atoms with Crippen molar-refractivity contribution < 1.29 is 0 Å². The Labute approximate surface area is 340 Å². The summed E-state index contributed by atoms with van der Waals surface area (Å²) < 4.78 is 3.64. The highest BCUT2D eigenvalue weighted by Gasteiger charge is 2.20. The smallest absolute Gasteiger partial charge is 0.124 e. The van der Waals surface area contributed by atoms with Gasteiger partial charge in [0.15, 0.2) is 0 Å². The van der Waals surface area contributed by atoms with E-state index in [9.17, 15) is 0 Å². The number of pyridine rings is 1. The number of benzene rings is 8. The van der Waals surface area contributed by atoms with Crippen molar-refractivity contribution in [2.75, 3.05) is 0 Å². The first-order valence-corrected chi connectivity index (χ1v) is 20.4. The zero-order valence-electron chi connectivity index (χ0n) is 31.5. The van der Waals surface area contributed by atoms with Crippen LogP contribution in [-0.4, -0.2) is 14.5 Å². The van der Waals surface area contributed by atoms with Gasteiger partial charge in [0, 0.05) is 33.7 Å². The van der Waals surface area contributed by atoms with Crippen molar-refractivity contribution in [3.63, 3.8) is 0 Å². The van der Waals surface area contributed by atoms with Crippen LogP contribution in [0.4, 0.5) is 0 Å². The van der Waals surface area contributed by atoms with E-state index < -0.39 is 0 Å². The van der Waals surface area contributed by atoms with Crippen molar-refractivity contribution in [3.05, 3.63) is 212 Å². The summed E-state index contributed by atoms with van der Waals surface area (Å²) >= 11 is 1.74. The predicted molar refractivity (Wildman–Crippen MR) is 244 cm³/mol.